The molecule has 0 aromatic carbocycles. The maximum atomic E-state index is 13.1. The molecule has 4 rings (SSSR count). The molecular weight excluding hydrogens is 616 g/mol. The minimum Gasteiger partial charge on any atom is -0.505 e. The van der Waals surface area contributed by atoms with E-state index >= 15 is 0 Å². The number of nitrogens with zero attached hydrogens (tertiary/aromatic N) is 5. The van der Waals surface area contributed by atoms with Crippen LogP contribution in [0.3, 0.4) is 0 Å². The lowest BCUT2D eigenvalue weighted by Crippen LogP contribution is -2.71. The molecule has 1 aromatic rings. The number of nitrogens with two attached hydrogens (primary N) is 2. The second-order valence-corrected chi connectivity index (χ2v) is 11.2. The van der Waals surface area contributed by atoms with Crippen molar-refractivity contribution in [2.24, 2.45) is 10.9 Å². The Labute approximate surface area is 254 Å². The van der Waals surface area contributed by atoms with E-state index in [1.54, 1.807) is 24.5 Å². The summed E-state index contributed by atoms with van der Waals surface area (Å²) in [7, 11) is 0. The number of allylic oxidation sites excluding steroid dienone is 2. The number of halogens is 1. The molecule has 0 spiro atoms. The molecule has 3 aliphatic rings. The number of oxime groups is 1. The Bertz CT molecular complexity index is 1330. The summed E-state index contributed by atoms with van der Waals surface area (Å²) >= 11 is 3.44. The van der Waals surface area contributed by atoms with E-state index in [-0.39, 0.29) is 52.9 Å². The number of aliphatic hydroxyl groups excluding tert-OH is 1. The minimum absolute atomic E-state index is 0. The van der Waals surface area contributed by atoms with Crippen molar-refractivity contribution in [1.82, 2.24) is 24.5 Å². The summed E-state index contributed by atoms with van der Waals surface area (Å²) in [6.45, 7) is 3.68. The Kier molecular flexibility index (Phi) is 11.5. The summed E-state index contributed by atoms with van der Waals surface area (Å²) in [4.78, 5) is 50.3. The van der Waals surface area contributed by atoms with Crippen LogP contribution in [0.5, 0.6) is 0 Å². The number of carbonyl (C=O) groups is 3. The van der Waals surface area contributed by atoms with E-state index in [1.807, 2.05) is 11.0 Å². The fourth-order valence-corrected chi connectivity index (χ4v) is 6.64. The number of carbonyl (C=O) groups excluding carboxylic acids is 2. The van der Waals surface area contributed by atoms with Crippen LogP contribution in [0.4, 0.5) is 5.13 Å². The van der Waals surface area contributed by atoms with E-state index in [9.17, 15) is 24.6 Å². The molecule has 3 aliphatic heterocycles. The predicted octanol–water partition coefficient (Wildman–Crippen LogP) is 1.22. The zero-order valence-corrected chi connectivity index (χ0v) is 25.0. The van der Waals surface area contributed by atoms with Crippen LogP contribution in [0, 0.1) is 0 Å². The van der Waals surface area contributed by atoms with Gasteiger partial charge in [0.2, 0.25) is 11.5 Å². The molecule has 0 saturated carbocycles. The van der Waals surface area contributed by atoms with Crippen LogP contribution in [0.25, 0.3) is 0 Å². The SMILES string of the molecule is CCON=C(C(=O)NC1C(=O)N2C(C(=O)O)=C(C=CSC3=C(O)C=CCN3CCCN)CS[C@@H]12)c1nsc(N)n1.Cl. The number of anilines is 1. The number of β-lactam (4-membered cyclic amide) rings is 1. The summed E-state index contributed by atoms with van der Waals surface area (Å²) < 4.78 is 3.98. The molecule has 1 aromatic heterocycles. The van der Waals surface area contributed by atoms with Crippen molar-refractivity contribution in [3.8, 4) is 0 Å². The van der Waals surface area contributed by atoms with Crippen LogP contribution in [0.1, 0.15) is 19.2 Å². The number of carboxylic acid groups (broad SMARTS) is 1. The highest BCUT2D eigenvalue weighted by atomic mass is 35.5. The molecule has 1 saturated heterocycles. The van der Waals surface area contributed by atoms with Gasteiger partial charge in [-0.2, -0.15) is 9.36 Å². The standard InChI is InChI=1S/C23H28N8O6S3.ClH/c1-2-37-28-14(17-27-23(25)40-29-17)18(33)26-15-19(34)31-16(22(35)36)12(11-39-21(15)31)6-10-38-20-13(32)5-3-8-30(20)9-4-7-24;/h3,5-6,10,15,21,32H,2,4,7-9,11,24H2,1H3,(H,26,33)(H,35,36)(H2,25,27,29);1H/t15?,21-;/m0./s1. The van der Waals surface area contributed by atoms with Gasteiger partial charge in [0.15, 0.2) is 5.13 Å². The Morgan fingerprint density at radius 1 is 1.41 bits per heavy atom. The number of nitrogens with one attached hydrogen (secondary N) is 1. The molecule has 1 unspecified atom stereocenters. The largest absolute Gasteiger partial charge is 0.505 e. The number of hydrogen-bond donors (Lipinski definition) is 5. The van der Waals surface area contributed by atoms with Crippen LogP contribution in [-0.4, -0.2) is 96.3 Å². The first-order valence-corrected chi connectivity index (χ1v) is 14.9. The molecule has 18 heteroatoms. The van der Waals surface area contributed by atoms with Crippen molar-refractivity contribution in [1.29, 1.82) is 0 Å². The Morgan fingerprint density at radius 3 is 2.85 bits per heavy atom. The van der Waals surface area contributed by atoms with Crippen molar-refractivity contribution >= 4 is 76.1 Å². The average Bonchev–Trinajstić information content (AvgIpc) is 3.36. The minimum atomic E-state index is -1.26. The molecule has 0 bridgehead atoms. The third-order valence-corrected chi connectivity index (χ3v) is 8.64. The van der Waals surface area contributed by atoms with Gasteiger partial charge >= 0.3 is 5.97 Å². The highest BCUT2D eigenvalue weighted by molar-refractivity contribution is 8.05. The molecular formula is C23H29ClN8O6S3. The van der Waals surface area contributed by atoms with Crippen molar-refractivity contribution in [3.63, 3.8) is 0 Å². The second kappa shape index (κ2) is 14.6. The van der Waals surface area contributed by atoms with Crippen molar-refractivity contribution in [3.05, 3.63) is 51.5 Å². The molecule has 2 amide bonds. The lowest BCUT2D eigenvalue weighted by atomic mass is 10.0. The summed E-state index contributed by atoms with van der Waals surface area (Å²) in [5, 5.41) is 28.5. The van der Waals surface area contributed by atoms with Crippen molar-refractivity contribution < 1.29 is 29.4 Å². The third kappa shape index (κ3) is 7.16. The fourth-order valence-electron chi connectivity index (χ4n) is 4.02. The zero-order valence-electron chi connectivity index (χ0n) is 21.8. The summed E-state index contributed by atoms with van der Waals surface area (Å²) in [5.74, 6) is -2.23. The van der Waals surface area contributed by atoms with E-state index in [0.717, 1.165) is 22.9 Å². The average molecular weight is 645 g/mol. The number of fused-ring (bicyclic) bond motifs is 1. The van der Waals surface area contributed by atoms with Crippen LogP contribution in [0.2, 0.25) is 0 Å². The molecule has 0 radical (unpaired) electrons. The maximum Gasteiger partial charge on any atom is 0.352 e. The number of aliphatic hydroxyl groups is 1. The van der Waals surface area contributed by atoms with Crippen LogP contribution in [0.15, 0.2) is 50.9 Å². The number of carboxylic acids is 1. The van der Waals surface area contributed by atoms with Gasteiger partial charge in [0.1, 0.15) is 34.5 Å². The first kappa shape index (κ1) is 32.3. The molecule has 7 N–H and O–H groups in total. The topological polar surface area (TPSA) is 210 Å². The molecule has 4 heterocycles. The predicted molar refractivity (Wildman–Crippen MR) is 160 cm³/mol. The quantitative estimate of drug-likeness (QED) is 0.123. The van der Waals surface area contributed by atoms with Gasteiger partial charge in [-0.25, -0.2) is 4.79 Å². The Hall–Kier alpha value is -3.25. The number of aliphatic carboxylic acids is 1. The molecule has 41 heavy (non-hydrogen) atoms. The lowest BCUT2D eigenvalue weighted by molar-refractivity contribution is -0.150. The van der Waals surface area contributed by atoms with Gasteiger partial charge in [-0.05, 0) is 43.0 Å². The van der Waals surface area contributed by atoms with Gasteiger partial charge in [0.25, 0.3) is 11.8 Å². The van der Waals surface area contributed by atoms with Gasteiger partial charge in [-0.15, -0.1) is 24.2 Å². The van der Waals surface area contributed by atoms with Gasteiger partial charge in [0.05, 0.1) is 0 Å². The number of aromatic nitrogens is 2. The Balaban J connectivity index is 0.00000462. The summed E-state index contributed by atoms with van der Waals surface area (Å²) in [5.41, 5.74) is 11.3. The third-order valence-electron chi connectivity index (χ3n) is 5.83. The number of amides is 2. The van der Waals surface area contributed by atoms with E-state index < -0.39 is 29.2 Å². The highest BCUT2D eigenvalue weighted by Gasteiger charge is 2.54. The summed E-state index contributed by atoms with van der Waals surface area (Å²) in [6.07, 6.45) is 5.85. The van der Waals surface area contributed by atoms with Crippen LogP contribution >= 0.6 is 47.5 Å². The van der Waals surface area contributed by atoms with E-state index in [4.69, 9.17) is 16.3 Å². The maximum absolute atomic E-state index is 13.1. The fraction of sp³-hybridized carbons (Fsp3) is 0.391. The first-order chi connectivity index (χ1) is 19.3. The number of hydrogen-bond acceptors (Lipinski definition) is 14. The van der Waals surface area contributed by atoms with Gasteiger partial charge in [-0.3, -0.25) is 14.5 Å². The van der Waals surface area contributed by atoms with E-state index in [1.165, 1.54) is 23.5 Å². The van der Waals surface area contributed by atoms with Crippen LogP contribution < -0.4 is 16.8 Å². The highest BCUT2D eigenvalue weighted by Crippen LogP contribution is 2.41. The van der Waals surface area contributed by atoms with E-state index in [0.29, 0.717) is 30.2 Å². The molecule has 1 fully saturated rings. The van der Waals surface area contributed by atoms with Crippen molar-refractivity contribution in [2.75, 3.05) is 37.7 Å². The second-order valence-electron chi connectivity index (χ2n) is 8.46. The number of nitrogen functional groups attached to an aromatic ring is 1. The smallest absolute Gasteiger partial charge is 0.352 e. The van der Waals surface area contributed by atoms with Gasteiger partial charge < -0.3 is 36.7 Å². The zero-order chi connectivity index (χ0) is 28.8. The van der Waals surface area contributed by atoms with Crippen LogP contribution in [-0.2, 0) is 19.2 Å². The number of thioether (sulfide) groups is 2. The number of rotatable bonds is 12. The monoisotopic (exact) mass is 644 g/mol. The Morgan fingerprint density at radius 2 is 2.20 bits per heavy atom. The van der Waals surface area contributed by atoms with Gasteiger partial charge in [0, 0.05) is 30.4 Å². The van der Waals surface area contributed by atoms with Gasteiger partial charge in [-0.1, -0.05) is 23.0 Å². The summed E-state index contributed by atoms with van der Waals surface area (Å²) in [6, 6.07) is -0.984. The normalized spacial score (nSPS) is 20.6. The van der Waals surface area contributed by atoms with Crippen molar-refractivity contribution in [2.45, 2.75) is 24.8 Å². The lowest BCUT2D eigenvalue weighted by Gasteiger charge is -2.49. The molecule has 222 valence electrons. The molecule has 2 atom stereocenters. The first-order valence-electron chi connectivity index (χ1n) is 12.2. The van der Waals surface area contributed by atoms with E-state index in [2.05, 4.69) is 19.8 Å². The molecule has 0 aliphatic carbocycles. The molecule has 14 nitrogen and oxygen atoms in total.